The van der Waals surface area contributed by atoms with Gasteiger partial charge in [0.1, 0.15) is 29.5 Å². The maximum atomic E-state index is 13.4. The monoisotopic (exact) mass is 446 g/mol. The van der Waals surface area contributed by atoms with E-state index in [2.05, 4.69) is 25.3 Å². The predicted molar refractivity (Wildman–Crippen MR) is 129 cm³/mol. The van der Waals surface area contributed by atoms with Gasteiger partial charge in [-0.05, 0) is 37.6 Å². The number of anilines is 2. The van der Waals surface area contributed by atoms with Crippen LogP contribution in [0.1, 0.15) is 37.7 Å². The van der Waals surface area contributed by atoms with Crippen LogP contribution >= 0.6 is 0 Å². The first kappa shape index (κ1) is 23.3. The number of phenols is 1. The molecule has 0 fully saturated rings. The fourth-order valence-corrected chi connectivity index (χ4v) is 3.38. The van der Waals surface area contributed by atoms with E-state index in [0.29, 0.717) is 33.9 Å². The number of phenolic OH excluding ortho intramolecular Hbond substituents is 1. The van der Waals surface area contributed by atoms with Gasteiger partial charge in [-0.1, -0.05) is 26.0 Å². The molecule has 3 heterocycles. The van der Waals surface area contributed by atoms with Crippen molar-refractivity contribution >= 4 is 28.4 Å². The van der Waals surface area contributed by atoms with E-state index in [9.17, 15) is 9.90 Å². The summed E-state index contributed by atoms with van der Waals surface area (Å²) in [6, 6.07) is 8.27. The Kier molecular flexibility index (Phi) is 6.97. The summed E-state index contributed by atoms with van der Waals surface area (Å²) in [5.41, 5.74) is 7.46. The Morgan fingerprint density at radius 2 is 1.91 bits per heavy atom. The number of hydrogen-bond donors (Lipinski definition) is 4. The summed E-state index contributed by atoms with van der Waals surface area (Å²) in [5.74, 6) is 0.765. The van der Waals surface area contributed by atoms with Crippen LogP contribution in [-0.4, -0.2) is 35.3 Å². The van der Waals surface area contributed by atoms with E-state index < -0.39 is 0 Å². The van der Waals surface area contributed by atoms with Gasteiger partial charge in [-0.2, -0.15) is 0 Å². The number of hydrogen-bond acceptors (Lipinski definition) is 9. The molecule has 0 radical (unpaired) electrons. The quantitative estimate of drug-likeness (QED) is 0.341. The van der Waals surface area contributed by atoms with Crippen molar-refractivity contribution in [2.75, 3.05) is 11.1 Å². The Balaban J connectivity index is 0.00000149. The zero-order chi connectivity index (χ0) is 24.1. The van der Waals surface area contributed by atoms with Crippen molar-refractivity contribution in [1.82, 2.24) is 24.5 Å². The molecule has 5 N–H and O–H groups in total. The minimum absolute atomic E-state index is 0.0594. The van der Waals surface area contributed by atoms with Crippen LogP contribution in [0.4, 0.5) is 11.6 Å². The second kappa shape index (κ2) is 9.86. The highest BCUT2D eigenvalue weighted by Crippen LogP contribution is 2.23. The molecule has 0 saturated heterocycles. The molecule has 3 aromatic heterocycles. The van der Waals surface area contributed by atoms with Gasteiger partial charge >= 0.3 is 0 Å². The van der Waals surface area contributed by atoms with Crippen LogP contribution in [0, 0.1) is 12.3 Å². The molecule has 4 rings (SSSR count). The van der Waals surface area contributed by atoms with Crippen LogP contribution in [0.25, 0.3) is 16.7 Å². The van der Waals surface area contributed by atoms with Crippen LogP contribution in [-0.2, 0) is 6.54 Å². The molecule has 1 aromatic carbocycles. The average molecular weight is 447 g/mol. The molecule has 0 aliphatic rings. The van der Waals surface area contributed by atoms with Gasteiger partial charge in [0, 0.05) is 11.9 Å². The maximum Gasteiger partial charge on any atom is 0.268 e. The minimum atomic E-state index is -0.348. The summed E-state index contributed by atoms with van der Waals surface area (Å²) < 4.78 is 1.35. The molecule has 33 heavy (non-hydrogen) atoms. The highest BCUT2D eigenvalue weighted by molar-refractivity contribution is 6.04. The first-order valence-electron chi connectivity index (χ1n) is 10.4. The number of aromatic hydroxyl groups is 1. The van der Waals surface area contributed by atoms with Gasteiger partial charge in [0.2, 0.25) is 0 Å². The second-order valence-electron chi connectivity index (χ2n) is 6.94. The molecule has 0 bridgehead atoms. The zero-order valence-corrected chi connectivity index (χ0v) is 18.9. The van der Waals surface area contributed by atoms with Crippen LogP contribution < -0.4 is 16.6 Å². The molecule has 0 amide bonds. The molecule has 0 aliphatic carbocycles. The average Bonchev–Trinajstić information content (AvgIpc) is 2.79. The van der Waals surface area contributed by atoms with Crippen molar-refractivity contribution in [1.29, 1.82) is 5.41 Å². The number of fused-ring (bicyclic) bond motifs is 1. The number of nitrogen functional groups attached to an aromatic ring is 1. The molecule has 0 unspecified atom stereocenters. The molecular formula is C23H26N8O2. The summed E-state index contributed by atoms with van der Waals surface area (Å²) in [6.07, 6.45) is 2.88. The number of nitrogens with two attached hydrogens (primary N) is 1. The first-order valence-corrected chi connectivity index (χ1v) is 10.4. The lowest BCUT2D eigenvalue weighted by atomic mass is 10.2. The molecule has 4 aromatic rings. The Morgan fingerprint density at radius 3 is 2.61 bits per heavy atom. The molecule has 10 heteroatoms. The summed E-state index contributed by atoms with van der Waals surface area (Å²) in [4.78, 5) is 30.3. The van der Waals surface area contributed by atoms with Crippen molar-refractivity contribution in [2.24, 2.45) is 0 Å². The largest absolute Gasteiger partial charge is 0.506 e. The van der Waals surface area contributed by atoms with Crippen molar-refractivity contribution < 1.29 is 5.11 Å². The molecule has 0 atom stereocenters. The van der Waals surface area contributed by atoms with E-state index in [1.165, 1.54) is 17.0 Å². The van der Waals surface area contributed by atoms with E-state index in [0.717, 1.165) is 5.56 Å². The number of nitrogens with one attached hydrogen (secondary N) is 2. The van der Waals surface area contributed by atoms with Gasteiger partial charge in [0.15, 0.2) is 5.65 Å². The van der Waals surface area contributed by atoms with Gasteiger partial charge < -0.3 is 21.6 Å². The van der Waals surface area contributed by atoms with Gasteiger partial charge in [-0.3, -0.25) is 9.36 Å². The van der Waals surface area contributed by atoms with Crippen LogP contribution in [0.3, 0.4) is 0 Å². The third-order valence-corrected chi connectivity index (χ3v) is 4.84. The zero-order valence-electron chi connectivity index (χ0n) is 18.9. The fraction of sp³-hybridized carbons (Fsp3) is 0.217. The third-order valence-electron chi connectivity index (χ3n) is 4.84. The molecular weight excluding hydrogens is 420 g/mol. The smallest absolute Gasteiger partial charge is 0.268 e. The van der Waals surface area contributed by atoms with E-state index in [1.807, 2.05) is 20.8 Å². The number of benzene rings is 1. The highest BCUT2D eigenvalue weighted by Gasteiger charge is 2.18. The Morgan fingerprint density at radius 1 is 1.18 bits per heavy atom. The number of pyridine rings is 1. The Bertz CT molecular complexity index is 1380. The number of para-hydroxylation sites is 2. The maximum absolute atomic E-state index is 13.4. The highest BCUT2D eigenvalue weighted by atomic mass is 16.3. The summed E-state index contributed by atoms with van der Waals surface area (Å²) in [5, 5.41) is 21.8. The molecule has 0 saturated carbocycles. The number of aromatic nitrogens is 5. The van der Waals surface area contributed by atoms with Crippen molar-refractivity contribution in [3.05, 3.63) is 70.2 Å². The Labute approximate surface area is 190 Å². The first-order chi connectivity index (χ1) is 15.9. The van der Waals surface area contributed by atoms with Crippen LogP contribution in [0.2, 0.25) is 0 Å². The molecule has 0 aliphatic heterocycles. The third kappa shape index (κ3) is 4.49. The van der Waals surface area contributed by atoms with E-state index in [-0.39, 0.29) is 29.4 Å². The Hall–Kier alpha value is -4.34. The van der Waals surface area contributed by atoms with Crippen molar-refractivity contribution in [2.45, 2.75) is 34.2 Å². The van der Waals surface area contributed by atoms with Gasteiger partial charge in [0.25, 0.3) is 5.56 Å². The van der Waals surface area contributed by atoms with Crippen LogP contribution in [0.15, 0.2) is 47.7 Å². The number of aryl methyl sites for hydroxylation is 1. The lowest BCUT2D eigenvalue weighted by Gasteiger charge is -2.16. The van der Waals surface area contributed by atoms with E-state index in [4.69, 9.17) is 11.1 Å². The van der Waals surface area contributed by atoms with Crippen molar-refractivity contribution in [3.8, 4) is 11.4 Å². The predicted octanol–water partition coefficient (Wildman–Crippen LogP) is 3.19. The lowest BCUT2D eigenvalue weighted by Crippen LogP contribution is -2.26. The molecule has 0 spiro atoms. The lowest BCUT2D eigenvalue weighted by molar-refractivity contribution is 0.471. The second-order valence-corrected chi connectivity index (χ2v) is 6.94. The molecule has 10 nitrogen and oxygen atoms in total. The minimum Gasteiger partial charge on any atom is -0.506 e. The van der Waals surface area contributed by atoms with Gasteiger partial charge in [-0.25, -0.2) is 19.9 Å². The number of rotatable bonds is 5. The van der Waals surface area contributed by atoms with Gasteiger partial charge in [0.05, 0.1) is 23.2 Å². The van der Waals surface area contributed by atoms with Gasteiger partial charge in [-0.15, -0.1) is 0 Å². The SMILES string of the molecule is CC.CC(=N)c1c(N)ncnc1NCc1nc2nccc(C)c2c(=O)n1-c1ccccc1O. The standard InChI is InChI=1S/C21H20N8O2.C2H6/c1-11-7-8-24-20-16(11)21(31)29(13-5-3-4-6-14(13)30)15(28-20)9-25-19-17(12(2)22)18(23)26-10-27-19;1-2/h3-8,10,22,30H,9H2,1-2H3,(H3,23,25,26,27);1-2H3. The summed E-state index contributed by atoms with van der Waals surface area (Å²) >= 11 is 0. The summed E-state index contributed by atoms with van der Waals surface area (Å²) in [7, 11) is 0. The topological polar surface area (TPSA) is 156 Å². The summed E-state index contributed by atoms with van der Waals surface area (Å²) in [6.45, 7) is 7.45. The van der Waals surface area contributed by atoms with E-state index in [1.54, 1.807) is 37.4 Å². The normalized spacial score (nSPS) is 10.4. The number of nitrogens with zero attached hydrogens (tertiary/aromatic N) is 5. The molecule has 170 valence electrons. The van der Waals surface area contributed by atoms with Crippen molar-refractivity contribution in [3.63, 3.8) is 0 Å². The van der Waals surface area contributed by atoms with E-state index >= 15 is 0 Å². The van der Waals surface area contributed by atoms with Crippen LogP contribution in [0.5, 0.6) is 5.75 Å². The fourth-order valence-electron chi connectivity index (χ4n) is 3.38.